The van der Waals surface area contributed by atoms with E-state index < -0.39 is 12.6 Å². The molecule has 0 aliphatic carbocycles. The van der Waals surface area contributed by atoms with Gasteiger partial charge in [-0.2, -0.15) is 18.3 Å². The van der Waals surface area contributed by atoms with Crippen molar-refractivity contribution >= 4 is 13.6 Å². The van der Waals surface area contributed by atoms with E-state index in [-0.39, 0.29) is 18.7 Å². The van der Waals surface area contributed by atoms with Crippen molar-refractivity contribution in [3.05, 3.63) is 89.8 Å². The molecular weight excluding hydrogens is 466 g/mol. The van der Waals surface area contributed by atoms with Gasteiger partial charge >= 0.3 is 6.18 Å². The van der Waals surface area contributed by atoms with Gasteiger partial charge in [0.2, 0.25) is 0 Å². The number of aromatic nitrogens is 6. The molecule has 0 aliphatic rings. The second-order valence-electron chi connectivity index (χ2n) is 8.52. The van der Waals surface area contributed by atoms with Crippen LogP contribution in [0.25, 0.3) is 28.3 Å². The number of hydrogen-bond donors (Lipinski definition) is 1. The van der Waals surface area contributed by atoms with Crippen molar-refractivity contribution in [3.63, 3.8) is 0 Å². The molecule has 0 fully saturated rings. The van der Waals surface area contributed by atoms with E-state index in [2.05, 4.69) is 20.1 Å². The number of alkyl halides is 3. The fraction of sp³-hybridized carbons (Fsp3) is 0.200. The van der Waals surface area contributed by atoms with Crippen LogP contribution in [0.3, 0.4) is 0 Å². The maximum Gasteiger partial charge on any atom is 0.393 e. The smallest absolute Gasteiger partial charge is 0.344 e. The SMILES string of the molecule is [B]N(Cc1nc(-c2ccc3ncnn3c2)c(-c2cccc(C)n2)[nH]1)Cc1ccccc1CC(F)(F)F. The lowest BCUT2D eigenvalue weighted by molar-refractivity contribution is -0.127. The van der Waals surface area contributed by atoms with Gasteiger partial charge in [-0.15, -0.1) is 0 Å². The number of H-pyrrole nitrogens is 1. The number of imidazole rings is 1. The molecule has 0 aliphatic heterocycles. The van der Waals surface area contributed by atoms with E-state index in [0.717, 1.165) is 11.3 Å². The van der Waals surface area contributed by atoms with Gasteiger partial charge in [0.25, 0.3) is 0 Å². The van der Waals surface area contributed by atoms with Crippen LogP contribution in [-0.2, 0) is 19.5 Å². The van der Waals surface area contributed by atoms with Crippen LogP contribution in [0.15, 0.2) is 67.1 Å². The van der Waals surface area contributed by atoms with Crippen molar-refractivity contribution in [2.24, 2.45) is 0 Å². The Morgan fingerprint density at radius 2 is 1.78 bits per heavy atom. The van der Waals surface area contributed by atoms with Crippen LogP contribution in [0.1, 0.15) is 22.6 Å². The number of nitrogens with zero attached hydrogens (tertiary/aromatic N) is 6. The van der Waals surface area contributed by atoms with Gasteiger partial charge in [-0.3, -0.25) is 4.98 Å². The number of nitrogens with one attached hydrogen (secondary N) is 1. The topological polar surface area (TPSA) is 75.0 Å². The molecule has 5 aromatic rings. The summed E-state index contributed by atoms with van der Waals surface area (Å²) < 4.78 is 40.7. The number of aromatic amines is 1. The van der Waals surface area contributed by atoms with Gasteiger partial charge in [0.05, 0.1) is 23.5 Å². The first kappa shape index (κ1) is 23.7. The normalized spacial score (nSPS) is 12.0. The van der Waals surface area contributed by atoms with E-state index in [1.165, 1.54) is 17.2 Å². The van der Waals surface area contributed by atoms with E-state index in [1.54, 1.807) is 22.7 Å². The number of benzene rings is 1. The van der Waals surface area contributed by atoms with Gasteiger partial charge in [-0.05, 0) is 42.3 Å². The van der Waals surface area contributed by atoms with E-state index >= 15 is 0 Å². The van der Waals surface area contributed by atoms with Crippen LogP contribution in [0.5, 0.6) is 0 Å². The third kappa shape index (κ3) is 5.31. The third-order valence-corrected chi connectivity index (χ3v) is 5.68. The summed E-state index contributed by atoms with van der Waals surface area (Å²) in [7, 11) is 6.25. The summed E-state index contributed by atoms with van der Waals surface area (Å²) in [6, 6.07) is 15.9. The van der Waals surface area contributed by atoms with E-state index in [9.17, 15) is 13.2 Å². The first-order chi connectivity index (χ1) is 17.2. The molecule has 1 aromatic carbocycles. The van der Waals surface area contributed by atoms with Crippen molar-refractivity contribution < 1.29 is 13.2 Å². The average molecular weight is 487 g/mol. The van der Waals surface area contributed by atoms with Crippen LogP contribution in [-0.4, -0.2) is 48.5 Å². The molecule has 0 saturated heterocycles. The minimum absolute atomic E-state index is 0.130. The fourth-order valence-corrected chi connectivity index (χ4v) is 4.10. The van der Waals surface area contributed by atoms with Crippen molar-refractivity contribution in [2.45, 2.75) is 32.6 Å². The van der Waals surface area contributed by atoms with Gasteiger partial charge in [-0.25, -0.2) is 14.5 Å². The highest BCUT2D eigenvalue weighted by Gasteiger charge is 2.28. The first-order valence-electron chi connectivity index (χ1n) is 11.2. The van der Waals surface area contributed by atoms with Crippen LogP contribution in [0.4, 0.5) is 13.2 Å². The molecule has 0 amide bonds. The molecule has 36 heavy (non-hydrogen) atoms. The summed E-state index contributed by atoms with van der Waals surface area (Å²) in [5.74, 6) is 0.554. The zero-order chi connectivity index (χ0) is 25.3. The molecule has 0 atom stereocenters. The standard InChI is InChI=1S/C25H21BF3N7/c1-16-5-4-8-20(32-16)24-23(19-9-10-22-30-15-31-36(22)13-19)33-21(34-24)14-35(26)12-18-7-3-2-6-17(18)11-25(27,28)29/h2-10,13,15H,11-12,14H2,1H3,(H,33,34). The molecule has 180 valence electrons. The Hall–Kier alpha value is -3.99. The second kappa shape index (κ2) is 9.58. The molecule has 2 radical (unpaired) electrons. The quantitative estimate of drug-likeness (QED) is 0.338. The summed E-state index contributed by atoms with van der Waals surface area (Å²) in [4.78, 5) is 18.3. The fourth-order valence-electron chi connectivity index (χ4n) is 4.10. The first-order valence-corrected chi connectivity index (χ1v) is 11.2. The van der Waals surface area contributed by atoms with Crippen molar-refractivity contribution in [3.8, 4) is 22.6 Å². The number of rotatable bonds is 7. The molecule has 0 saturated carbocycles. The minimum Gasteiger partial charge on any atom is -0.344 e. The highest BCUT2D eigenvalue weighted by Crippen LogP contribution is 2.30. The maximum atomic E-state index is 13.0. The van der Waals surface area contributed by atoms with Gasteiger partial charge in [0, 0.05) is 30.5 Å². The Balaban J connectivity index is 1.46. The Kier molecular flexibility index (Phi) is 6.32. The zero-order valence-electron chi connectivity index (χ0n) is 19.4. The van der Waals surface area contributed by atoms with Gasteiger partial charge in [-0.1, -0.05) is 30.3 Å². The lowest BCUT2D eigenvalue weighted by atomic mass is 10.0. The number of pyridine rings is 2. The Morgan fingerprint density at radius 3 is 2.56 bits per heavy atom. The maximum absolute atomic E-state index is 13.0. The Bertz CT molecular complexity index is 1510. The lowest BCUT2D eigenvalue weighted by Crippen LogP contribution is -2.22. The molecule has 11 heteroatoms. The Morgan fingerprint density at radius 1 is 0.972 bits per heavy atom. The molecule has 4 aromatic heterocycles. The van der Waals surface area contributed by atoms with E-state index in [0.29, 0.717) is 34.1 Å². The van der Waals surface area contributed by atoms with Crippen LogP contribution >= 0.6 is 0 Å². The van der Waals surface area contributed by atoms with Crippen molar-refractivity contribution in [2.75, 3.05) is 0 Å². The van der Waals surface area contributed by atoms with Gasteiger partial charge < -0.3 is 9.79 Å². The number of hydrogen-bond acceptors (Lipinski definition) is 5. The zero-order valence-corrected chi connectivity index (χ0v) is 19.4. The highest BCUT2D eigenvalue weighted by atomic mass is 19.4. The molecule has 0 spiro atoms. The number of aryl methyl sites for hydroxylation is 1. The van der Waals surface area contributed by atoms with E-state index in [4.69, 9.17) is 13.0 Å². The number of halogens is 3. The predicted molar refractivity (Wildman–Crippen MR) is 130 cm³/mol. The molecule has 0 unspecified atom stereocenters. The minimum atomic E-state index is -4.30. The molecule has 4 heterocycles. The summed E-state index contributed by atoms with van der Waals surface area (Å²) in [5.41, 5.74) is 5.14. The van der Waals surface area contributed by atoms with Crippen molar-refractivity contribution in [1.29, 1.82) is 0 Å². The molecule has 1 N–H and O–H groups in total. The second-order valence-corrected chi connectivity index (χ2v) is 8.52. The Labute approximate surface area is 206 Å². The highest BCUT2D eigenvalue weighted by molar-refractivity contribution is 6.04. The average Bonchev–Trinajstić information content (AvgIpc) is 3.46. The van der Waals surface area contributed by atoms with E-state index in [1.807, 2.05) is 43.5 Å². The summed E-state index contributed by atoms with van der Waals surface area (Å²) in [6.07, 6.45) is -2.00. The molecular formula is C25H21BF3N7. The lowest BCUT2D eigenvalue weighted by Gasteiger charge is -2.19. The monoisotopic (exact) mass is 487 g/mol. The third-order valence-electron chi connectivity index (χ3n) is 5.68. The predicted octanol–water partition coefficient (Wildman–Crippen LogP) is 4.68. The van der Waals surface area contributed by atoms with Crippen LogP contribution in [0.2, 0.25) is 0 Å². The van der Waals surface area contributed by atoms with Gasteiger partial charge in [0.15, 0.2) is 13.6 Å². The molecule has 5 rings (SSSR count). The van der Waals surface area contributed by atoms with Crippen LogP contribution in [0, 0.1) is 6.92 Å². The number of fused-ring (bicyclic) bond motifs is 1. The largest absolute Gasteiger partial charge is 0.393 e. The van der Waals surface area contributed by atoms with Gasteiger partial charge in [0.1, 0.15) is 12.2 Å². The summed E-state index contributed by atoms with van der Waals surface area (Å²) in [5, 5.41) is 4.20. The van der Waals surface area contributed by atoms with Crippen molar-refractivity contribution in [1.82, 2.24) is 34.4 Å². The molecule has 7 nitrogen and oxygen atoms in total. The summed E-state index contributed by atoms with van der Waals surface area (Å²) in [6.45, 7) is 2.22. The summed E-state index contributed by atoms with van der Waals surface area (Å²) >= 11 is 0. The molecule has 0 bridgehead atoms. The van der Waals surface area contributed by atoms with Crippen LogP contribution < -0.4 is 0 Å².